The predicted molar refractivity (Wildman–Crippen MR) is 143 cm³/mol. The van der Waals surface area contributed by atoms with Crippen molar-refractivity contribution in [2.24, 2.45) is 7.05 Å². The molecule has 0 aliphatic carbocycles. The molecule has 1 amide bonds. The third-order valence-electron chi connectivity index (χ3n) is 6.52. The van der Waals surface area contributed by atoms with Crippen molar-refractivity contribution < 1.29 is 14.3 Å². The molecule has 4 aromatic rings. The molecule has 0 fully saturated rings. The summed E-state index contributed by atoms with van der Waals surface area (Å²) in [5.74, 6) is -1.14. The zero-order valence-electron chi connectivity index (χ0n) is 21.2. The van der Waals surface area contributed by atoms with E-state index >= 15 is 0 Å². The molecule has 6 heteroatoms. The van der Waals surface area contributed by atoms with Crippen molar-refractivity contribution in [1.29, 1.82) is 0 Å². The smallest absolute Gasteiger partial charge is 0.356 e. The number of fused-ring (bicyclic) bond motifs is 1. The average molecular weight is 483 g/mol. The molecule has 36 heavy (non-hydrogen) atoms. The standard InChI is InChI=1S/C30H30N2O4/c1-6-25(28(33)31-22-16-13-19(3)20(4)17-22)36-30(35)27-26(21-14-11-18(2)12-15-21)23-9-7-8-10-24(23)29(34)32(27)5/h7-17,25H,6H2,1-5H3,(H,31,33). The van der Waals surface area contributed by atoms with Crippen LogP contribution in [-0.4, -0.2) is 22.5 Å². The molecule has 0 aliphatic heterocycles. The van der Waals surface area contributed by atoms with E-state index in [0.717, 1.165) is 22.3 Å². The van der Waals surface area contributed by atoms with Crippen molar-refractivity contribution in [2.45, 2.75) is 40.2 Å². The number of carbonyl (C=O) groups is 2. The van der Waals surface area contributed by atoms with Crippen LogP contribution in [0, 0.1) is 20.8 Å². The lowest BCUT2D eigenvalue weighted by atomic mass is 9.96. The summed E-state index contributed by atoms with van der Waals surface area (Å²) in [4.78, 5) is 39.7. The molecule has 6 nitrogen and oxygen atoms in total. The quantitative estimate of drug-likeness (QED) is 0.357. The van der Waals surface area contributed by atoms with E-state index in [1.807, 2.05) is 75.4 Å². The Bertz CT molecular complexity index is 1520. The Labute approximate surface area is 210 Å². The Morgan fingerprint density at radius 3 is 2.22 bits per heavy atom. The van der Waals surface area contributed by atoms with Crippen LogP contribution in [0.15, 0.2) is 71.5 Å². The fourth-order valence-electron chi connectivity index (χ4n) is 4.27. The first kappa shape index (κ1) is 24.9. The summed E-state index contributed by atoms with van der Waals surface area (Å²) in [5, 5.41) is 4.00. The second-order valence-corrected chi connectivity index (χ2v) is 9.09. The number of benzene rings is 3. The first-order valence-corrected chi connectivity index (χ1v) is 12.0. The van der Waals surface area contributed by atoms with Crippen LogP contribution in [0.4, 0.5) is 5.69 Å². The van der Waals surface area contributed by atoms with Crippen LogP contribution in [0.5, 0.6) is 0 Å². The number of rotatable bonds is 6. The SMILES string of the molecule is CCC(OC(=O)c1c(-c2ccc(C)cc2)c2ccccc2c(=O)n1C)C(=O)Nc1ccc(C)c(C)c1. The number of nitrogens with one attached hydrogen (secondary N) is 1. The van der Waals surface area contributed by atoms with E-state index in [2.05, 4.69) is 5.32 Å². The number of esters is 1. The number of amides is 1. The molecule has 0 bridgehead atoms. The maximum atomic E-state index is 13.6. The molecule has 1 aromatic heterocycles. The van der Waals surface area contributed by atoms with E-state index in [1.54, 1.807) is 26.1 Å². The number of hydrogen-bond donors (Lipinski definition) is 1. The lowest BCUT2D eigenvalue weighted by molar-refractivity contribution is -0.124. The van der Waals surface area contributed by atoms with Crippen molar-refractivity contribution >= 4 is 28.3 Å². The minimum atomic E-state index is -1.02. The van der Waals surface area contributed by atoms with Gasteiger partial charge < -0.3 is 14.6 Å². The van der Waals surface area contributed by atoms with Gasteiger partial charge in [0.05, 0.1) is 0 Å². The molecule has 184 valence electrons. The molecule has 3 aromatic carbocycles. The molecule has 1 heterocycles. The van der Waals surface area contributed by atoms with Gasteiger partial charge in [-0.25, -0.2) is 4.79 Å². The van der Waals surface area contributed by atoms with Crippen LogP contribution in [0.3, 0.4) is 0 Å². The van der Waals surface area contributed by atoms with Crippen molar-refractivity contribution in [3.05, 3.63) is 99.5 Å². The molecule has 1 unspecified atom stereocenters. The topological polar surface area (TPSA) is 77.4 Å². The summed E-state index contributed by atoms with van der Waals surface area (Å²) < 4.78 is 7.05. The minimum Gasteiger partial charge on any atom is -0.448 e. The van der Waals surface area contributed by atoms with Crippen LogP contribution in [-0.2, 0) is 16.6 Å². The van der Waals surface area contributed by atoms with Crippen LogP contribution >= 0.6 is 0 Å². The van der Waals surface area contributed by atoms with Crippen molar-refractivity contribution in [3.63, 3.8) is 0 Å². The molecule has 4 rings (SSSR count). The number of nitrogens with zero attached hydrogens (tertiary/aromatic N) is 1. The Morgan fingerprint density at radius 2 is 1.58 bits per heavy atom. The van der Waals surface area contributed by atoms with Gasteiger partial charge in [0.15, 0.2) is 6.10 Å². The third kappa shape index (κ3) is 4.80. The van der Waals surface area contributed by atoms with E-state index in [9.17, 15) is 14.4 Å². The number of pyridine rings is 1. The highest BCUT2D eigenvalue weighted by molar-refractivity contribution is 6.07. The number of ether oxygens (including phenoxy) is 1. The molecular weight excluding hydrogens is 452 g/mol. The maximum Gasteiger partial charge on any atom is 0.356 e. The summed E-state index contributed by atoms with van der Waals surface area (Å²) in [6, 6.07) is 20.6. The third-order valence-corrected chi connectivity index (χ3v) is 6.52. The number of hydrogen-bond acceptors (Lipinski definition) is 4. The van der Waals surface area contributed by atoms with Gasteiger partial charge in [-0.05, 0) is 67.5 Å². The summed E-state index contributed by atoms with van der Waals surface area (Å²) in [6.45, 7) is 7.72. The first-order valence-electron chi connectivity index (χ1n) is 12.0. The summed E-state index contributed by atoms with van der Waals surface area (Å²) in [6.07, 6.45) is -0.740. The number of anilines is 1. The monoisotopic (exact) mass is 482 g/mol. The second-order valence-electron chi connectivity index (χ2n) is 9.09. The summed E-state index contributed by atoms with van der Waals surface area (Å²) in [5.41, 5.74) is 5.07. The van der Waals surface area contributed by atoms with Crippen LogP contribution in [0.2, 0.25) is 0 Å². The fraction of sp³-hybridized carbons (Fsp3) is 0.233. The van der Waals surface area contributed by atoms with E-state index in [0.29, 0.717) is 22.0 Å². The lowest BCUT2D eigenvalue weighted by Gasteiger charge is -2.20. The van der Waals surface area contributed by atoms with E-state index in [1.165, 1.54) is 4.57 Å². The average Bonchev–Trinajstić information content (AvgIpc) is 2.87. The molecule has 0 saturated heterocycles. The molecule has 0 saturated carbocycles. The maximum absolute atomic E-state index is 13.6. The molecule has 0 radical (unpaired) electrons. The predicted octanol–water partition coefficient (Wildman–Crippen LogP) is 5.70. The second kappa shape index (κ2) is 10.2. The molecular formula is C30H30N2O4. The van der Waals surface area contributed by atoms with Gasteiger partial charge in [0.25, 0.3) is 11.5 Å². The van der Waals surface area contributed by atoms with Crippen LogP contribution < -0.4 is 10.9 Å². The highest BCUT2D eigenvalue weighted by atomic mass is 16.5. The molecule has 1 atom stereocenters. The van der Waals surface area contributed by atoms with Gasteiger partial charge in [0.2, 0.25) is 0 Å². The highest BCUT2D eigenvalue weighted by Gasteiger charge is 2.28. The summed E-state index contributed by atoms with van der Waals surface area (Å²) in [7, 11) is 1.55. The number of carbonyl (C=O) groups excluding carboxylic acids is 2. The van der Waals surface area contributed by atoms with Gasteiger partial charge in [-0.1, -0.05) is 61.0 Å². The largest absolute Gasteiger partial charge is 0.448 e. The van der Waals surface area contributed by atoms with Gasteiger partial charge in [-0.3, -0.25) is 9.59 Å². The van der Waals surface area contributed by atoms with E-state index in [4.69, 9.17) is 4.74 Å². The van der Waals surface area contributed by atoms with E-state index < -0.39 is 18.0 Å². The molecule has 1 N–H and O–H groups in total. The highest BCUT2D eigenvalue weighted by Crippen LogP contribution is 2.31. The van der Waals surface area contributed by atoms with Gasteiger partial charge in [0, 0.05) is 23.7 Å². The fourth-order valence-corrected chi connectivity index (χ4v) is 4.27. The van der Waals surface area contributed by atoms with Crippen molar-refractivity contribution in [1.82, 2.24) is 4.57 Å². The minimum absolute atomic E-state index is 0.111. The molecule has 0 aliphatic rings. The van der Waals surface area contributed by atoms with E-state index in [-0.39, 0.29) is 17.7 Å². The Balaban J connectivity index is 1.75. The zero-order chi connectivity index (χ0) is 26.0. The Morgan fingerprint density at radius 1 is 0.917 bits per heavy atom. The Hall–Kier alpha value is -4.19. The zero-order valence-corrected chi connectivity index (χ0v) is 21.2. The summed E-state index contributed by atoms with van der Waals surface area (Å²) >= 11 is 0. The molecule has 0 spiro atoms. The normalized spacial score (nSPS) is 11.8. The van der Waals surface area contributed by atoms with Crippen LogP contribution in [0.1, 0.15) is 40.5 Å². The van der Waals surface area contributed by atoms with Crippen LogP contribution in [0.25, 0.3) is 21.9 Å². The first-order chi connectivity index (χ1) is 17.2. The van der Waals surface area contributed by atoms with Gasteiger partial charge in [-0.2, -0.15) is 0 Å². The number of aromatic nitrogens is 1. The van der Waals surface area contributed by atoms with Gasteiger partial charge >= 0.3 is 5.97 Å². The lowest BCUT2D eigenvalue weighted by Crippen LogP contribution is -2.34. The van der Waals surface area contributed by atoms with Gasteiger partial charge in [0.1, 0.15) is 5.69 Å². The number of aryl methyl sites for hydroxylation is 3. The van der Waals surface area contributed by atoms with Crippen molar-refractivity contribution in [3.8, 4) is 11.1 Å². The van der Waals surface area contributed by atoms with Crippen molar-refractivity contribution in [2.75, 3.05) is 5.32 Å². The Kier molecular flexibility index (Phi) is 7.06. The van der Waals surface area contributed by atoms with Gasteiger partial charge in [-0.15, -0.1) is 0 Å².